The van der Waals surface area contributed by atoms with Gasteiger partial charge in [-0.2, -0.15) is 47.9 Å². The van der Waals surface area contributed by atoms with Crippen LogP contribution >= 0.6 is 0 Å². The maximum Gasteiger partial charge on any atom is 0.502 e. The molecule has 0 fully saturated rings. The molecule has 0 unspecified atom stereocenters. The number of hydrogen-bond acceptors (Lipinski definition) is 9. The molecule has 0 spiro atoms. The maximum atomic E-state index is 12.5. The standard InChI is InChI=1S/C4F9NO8S4/c5-1(6,7)24(17,18)4(14-23(15)16,25(19,20)2(8,9)10)26(21,22)3(11,12)13. The van der Waals surface area contributed by atoms with E-state index in [0.717, 1.165) is 0 Å². The topological polar surface area (TPSA) is 149 Å². The van der Waals surface area contributed by atoms with Gasteiger partial charge in [0.25, 0.3) is 0 Å². The van der Waals surface area contributed by atoms with Crippen molar-refractivity contribution < 1.29 is 73.2 Å². The van der Waals surface area contributed by atoms with Gasteiger partial charge >= 0.3 is 60.1 Å². The van der Waals surface area contributed by atoms with Crippen LogP contribution in [0.15, 0.2) is 4.36 Å². The third-order valence-corrected chi connectivity index (χ3v) is 11.0. The third kappa shape index (κ3) is 3.26. The third-order valence-electron chi connectivity index (χ3n) is 2.12. The molecule has 0 aromatic heterocycles. The molecule has 0 saturated carbocycles. The van der Waals surface area contributed by atoms with Crippen molar-refractivity contribution in [2.24, 2.45) is 4.36 Å². The second-order valence-corrected chi connectivity index (χ2v) is 11.3. The summed E-state index contributed by atoms with van der Waals surface area (Å²) in [6.07, 6.45) is 0. The molecular weight excluding hydrogens is 489 g/mol. The highest BCUT2D eigenvalue weighted by Gasteiger charge is 2.85. The Bertz CT molecular complexity index is 907. The molecule has 26 heavy (non-hydrogen) atoms. The van der Waals surface area contributed by atoms with Crippen molar-refractivity contribution in [3.8, 4) is 0 Å². The quantitative estimate of drug-likeness (QED) is 0.518. The maximum absolute atomic E-state index is 12.5. The number of rotatable bonds is 4. The fourth-order valence-corrected chi connectivity index (χ4v) is 9.06. The average Bonchev–Trinajstić information content (AvgIpc) is 2.30. The first-order valence-corrected chi connectivity index (χ1v) is 10.1. The van der Waals surface area contributed by atoms with Crippen LogP contribution in [0, 0.1) is 0 Å². The molecule has 0 aliphatic carbocycles. The first-order valence-electron chi connectivity index (χ1n) is 4.67. The van der Waals surface area contributed by atoms with Gasteiger partial charge in [0.05, 0.1) is 0 Å². The molecule has 0 aromatic carbocycles. The molecule has 0 bridgehead atoms. The van der Waals surface area contributed by atoms with E-state index in [1.807, 2.05) is 0 Å². The van der Waals surface area contributed by atoms with Crippen LogP contribution in [0.1, 0.15) is 0 Å². The van der Waals surface area contributed by atoms with Gasteiger partial charge in [0.1, 0.15) is 0 Å². The van der Waals surface area contributed by atoms with Gasteiger partial charge in [-0.15, -0.1) is 4.36 Å². The summed E-state index contributed by atoms with van der Waals surface area (Å²) in [6.45, 7) is 0. The Kier molecular flexibility index (Phi) is 5.91. The number of hydrogen-bond donors (Lipinski definition) is 0. The van der Waals surface area contributed by atoms with E-state index < -0.39 is 60.1 Å². The van der Waals surface area contributed by atoms with Crippen LogP contribution in [0.5, 0.6) is 0 Å². The largest absolute Gasteiger partial charge is 0.502 e. The van der Waals surface area contributed by atoms with E-state index in [4.69, 9.17) is 0 Å². The highest BCUT2D eigenvalue weighted by atomic mass is 32.3. The number of alkyl halides is 9. The zero-order valence-electron chi connectivity index (χ0n) is 10.7. The van der Waals surface area contributed by atoms with Gasteiger partial charge in [0, 0.05) is 0 Å². The molecule has 0 radical (unpaired) electrons. The van der Waals surface area contributed by atoms with Gasteiger partial charge in [-0.05, 0) is 0 Å². The lowest BCUT2D eigenvalue weighted by Crippen LogP contribution is -2.62. The van der Waals surface area contributed by atoms with Crippen LogP contribution in [0.4, 0.5) is 39.5 Å². The number of nitrogens with zero attached hydrogens (tertiary/aromatic N) is 1. The highest BCUT2D eigenvalue weighted by Crippen LogP contribution is 2.51. The van der Waals surface area contributed by atoms with E-state index in [9.17, 15) is 73.2 Å². The van der Waals surface area contributed by atoms with Crippen LogP contribution in [0.2, 0.25) is 0 Å². The van der Waals surface area contributed by atoms with Crippen LogP contribution < -0.4 is 0 Å². The summed E-state index contributed by atoms with van der Waals surface area (Å²) in [4.78, 5) is 0. The van der Waals surface area contributed by atoms with Gasteiger partial charge in [0.15, 0.2) is 0 Å². The van der Waals surface area contributed by atoms with Crippen molar-refractivity contribution in [1.29, 1.82) is 0 Å². The van der Waals surface area contributed by atoms with Gasteiger partial charge in [0.2, 0.25) is 0 Å². The molecule has 0 amide bonds. The SMILES string of the molecule is O=S(=O)=NC(S(=O)(=O)C(F)(F)F)(S(=O)(=O)C(F)(F)F)S(=O)(=O)C(F)(F)F. The van der Waals surface area contributed by atoms with Gasteiger partial charge in [-0.3, -0.25) is 0 Å². The van der Waals surface area contributed by atoms with Crippen LogP contribution in [-0.4, -0.2) is 53.7 Å². The molecule has 0 aliphatic heterocycles. The molecule has 0 saturated heterocycles. The first kappa shape index (κ1) is 24.8. The van der Waals surface area contributed by atoms with E-state index in [2.05, 4.69) is 0 Å². The normalized spacial score (nSPS) is 15.6. The van der Waals surface area contributed by atoms with E-state index in [-0.39, 0.29) is 0 Å². The Morgan fingerprint density at radius 1 is 0.538 bits per heavy atom. The minimum atomic E-state index is -8.65. The zero-order chi connectivity index (χ0) is 21.8. The van der Waals surface area contributed by atoms with Crippen LogP contribution in [0.25, 0.3) is 0 Å². The average molecular weight is 489 g/mol. The fourth-order valence-electron chi connectivity index (χ4n) is 1.11. The first-order chi connectivity index (χ1) is 10.9. The fraction of sp³-hybridized carbons (Fsp3) is 1.00. The monoisotopic (exact) mass is 489 g/mol. The van der Waals surface area contributed by atoms with Crippen molar-refractivity contribution in [1.82, 2.24) is 0 Å². The molecule has 156 valence electrons. The second-order valence-electron chi connectivity index (χ2n) is 3.68. The minimum absolute atomic E-state index is 0.716. The predicted molar refractivity (Wildman–Crippen MR) is 59.0 cm³/mol. The Morgan fingerprint density at radius 2 is 0.731 bits per heavy atom. The summed E-state index contributed by atoms with van der Waals surface area (Å²) >= 11 is 0. The van der Waals surface area contributed by atoms with Crippen molar-refractivity contribution in [2.45, 2.75) is 20.1 Å². The molecule has 0 aromatic rings. The van der Waals surface area contributed by atoms with E-state index in [1.165, 1.54) is 0 Å². The second kappa shape index (κ2) is 6.19. The minimum Gasteiger partial charge on any atom is -0.215 e. The summed E-state index contributed by atoms with van der Waals surface area (Å²) in [6, 6.07) is 0. The van der Waals surface area contributed by atoms with E-state index in [1.54, 1.807) is 0 Å². The Balaban J connectivity index is 8.29. The molecule has 9 nitrogen and oxygen atoms in total. The lowest BCUT2D eigenvalue weighted by molar-refractivity contribution is -0.0512. The predicted octanol–water partition coefficient (Wildman–Crippen LogP) is 0.464. The van der Waals surface area contributed by atoms with Gasteiger partial charge < -0.3 is 0 Å². The Morgan fingerprint density at radius 3 is 0.846 bits per heavy atom. The van der Waals surface area contributed by atoms with Crippen molar-refractivity contribution >= 4 is 40.0 Å². The molecule has 0 atom stereocenters. The number of halogens is 9. The van der Waals surface area contributed by atoms with E-state index >= 15 is 0 Å². The molecule has 22 heteroatoms. The Hall–Kier alpha value is -1.16. The zero-order valence-corrected chi connectivity index (χ0v) is 14.0. The van der Waals surface area contributed by atoms with E-state index in [0.29, 0.717) is 4.36 Å². The molecule has 0 heterocycles. The summed E-state index contributed by atoms with van der Waals surface area (Å²) in [5, 5.41) is 0. The highest BCUT2D eigenvalue weighted by molar-refractivity contribution is 8.26. The molecule has 0 aliphatic rings. The number of sulfone groups is 3. The van der Waals surface area contributed by atoms with Crippen LogP contribution in [-0.2, 0) is 40.0 Å². The summed E-state index contributed by atoms with van der Waals surface area (Å²) in [5.74, 6) is 0. The molecule has 0 N–H and O–H groups in total. The summed E-state index contributed by atoms with van der Waals surface area (Å²) in [5.41, 5.74) is -22.3. The van der Waals surface area contributed by atoms with Crippen LogP contribution in [0.3, 0.4) is 0 Å². The van der Waals surface area contributed by atoms with Gasteiger partial charge in [-0.25, -0.2) is 25.3 Å². The molecule has 0 rings (SSSR count). The summed E-state index contributed by atoms with van der Waals surface area (Å²) in [7, 11) is -31.1. The van der Waals surface area contributed by atoms with Gasteiger partial charge in [-0.1, -0.05) is 0 Å². The lowest BCUT2D eigenvalue weighted by Gasteiger charge is -2.28. The van der Waals surface area contributed by atoms with Crippen molar-refractivity contribution in [3.05, 3.63) is 0 Å². The Labute approximate surface area is 138 Å². The molecular formula is C4F9NO8S4. The summed E-state index contributed by atoms with van der Waals surface area (Å²) < 4.78 is 193. The smallest absolute Gasteiger partial charge is 0.215 e. The van der Waals surface area contributed by atoms with Crippen molar-refractivity contribution in [2.75, 3.05) is 0 Å². The van der Waals surface area contributed by atoms with Crippen molar-refractivity contribution in [3.63, 3.8) is 0 Å². The lowest BCUT2D eigenvalue weighted by atomic mass is 11.4.